The van der Waals surface area contributed by atoms with Gasteiger partial charge in [0.15, 0.2) is 0 Å². The second-order valence-corrected chi connectivity index (χ2v) is 4.43. The van der Waals surface area contributed by atoms with Crippen LogP contribution in [0.3, 0.4) is 0 Å². The molecule has 1 heteroatoms. The minimum atomic E-state index is -0.152. The fourth-order valence-electron chi connectivity index (χ4n) is 2.65. The van der Waals surface area contributed by atoms with Crippen LogP contribution in [-0.2, 0) is 10.3 Å². The van der Waals surface area contributed by atoms with Crippen molar-refractivity contribution in [2.45, 2.75) is 32.3 Å². The smallest absolute Gasteiger partial charge is 0.0928 e. The van der Waals surface area contributed by atoms with Gasteiger partial charge in [-0.2, -0.15) is 0 Å². The van der Waals surface area contributed by atoms with E-state index < -0.39 is 0 Å². The SMILES string of the molecule is CCC(CC)(OC)c1cccc2ccccc12. The predicted molar refractivity (Wildman–Crippen MR) is 73.2 cm³/mol. The van der Waals surface area contributed by atoms with Crippen LogP contribution in [0.1, 0.15) is 32.3 Å². The topological polar surface area (TPSA) is 9.23 Å². The van der Waals surface area contributed by atoms with Crippen molar-refractivity contribution in [2.24, 2.45) is 0 Å². The molecule has 17 heavy (non-hydrogen) atoms. The largest absolute Gasteiger partial charge is 0.374 e. The average molecular weight is 228 g/mol. The Morgan fingerprint density at radius 3 is 2.24 bits per heavy atom. The van der Waals surface area contributed by atoms with Gasteiger partial charge in [-0.25, -0.2) is 0 Å². The highest BCUT2D eigenvalue weighted by Crippen LogP contribution is 2.36. The second kappa shape index (κ2) is 4.89. The molecule has 0 bridgehead atoms. The molecule has 0 unspecified atom stereocenters. The van der Waals surface area contributed by atoms with Crippen LogP contribution in [0.25, 0.3) is 10.8 Å². The molecule has 0 aromatic heterocycles. The maximum Gasteiger partial charge on any atom is 0.0928 e. The summed E-state index contributed by atoms with van der Waals surface area (Å²) in [4.78, 5) is 0. The molecule has 2 aromatic carbocycles. The Bertz CT molecular complexity index is 484. The van der Waals surface area contributed by atoms with Crippen molar-refractivity contribution >= 4 is 10.8 Å². The van der Waals surface area contributed by atoms with Crippen LogP contribution in [0.2, 0.25) is 0 Å². The van der Waals surface area contributed by atoms with Crippen LogP contribution in [0.4, 0.5) is 0 Å². The van der Waals surface area contributed by atoms with Gasteiger partial charge in [-0.15, -0.1) is 0 Å². The standard InChI is InChI=1S/C16H20O/c1-4-16(5-2,17-3)15-12-8-10-13-9-6-7-11-14(13)15/h6-12H,4-5H2,1-3H3. The highest BCUT2D eigenvalue weighted by molar-refractivity contribution is 5.86. The molecule has 0 atom stereocenters. The molecule has 2 rings (SSSR count). The maximum absolute atomic E-state index is 5.83. The summed E-state index contributed by atoms with van der Waals surface area (Å²) in [6, 6.07) is 15.0. The van der Waals surface area contributed by atoms with Crippen LogP contribution in [-0.4, -0.2) is 7.11 Å². The van der Waals surface area contributed by atoms with Crippen LogP contribution < -0.4 is 0 Å². The monoisotopic (exact) mass is 228 g/mol. The van der Waals surface area contributed by atoms with Crippen molar-refractivity contribution in [3.63, 3.8) is 0 Å². The van der Waals surface area contributed by atoms with E-state index in [1.165, 1.54) is 16.3 Å². The molecule has 0 amide bonds. The Morgan fingerprint density at radius 2 is 1.59 bits per heavy atom. The third-order valence-corrected chi connectivity index (χ3v) is 3.81. The lowest BCUT2D eigenvalue weighted by Gasteiger charge is -2.32. The molecular weight excluding hydrogens is 208 g/mol. The zero-order valence-electron chi connectivity index (χ0n) is 10.9. The summed E-state index contributed by atoms with van der Waals surface area (Å²) < 4.78 is 5.83. The summed E-state index contributed by atoms with van der Waals surface area (Å²) in [5, 5.41) is 2.59. The van der Waals surface area contributed by atoms with Crippen LogP contribution in [0.5, 0.6) is 0 Å². The fraction of sp³-hybridized carbons (Fsp3) is 0.375. The first kappa shape index (κ1) is 12.1. The van der Waals surface area contributed by atoms with Gasteiger partial charge in [0.2, 0.25) is 0 Å². The van der Waals surface area contributed by atoms with Crippen molar-refractivity contribution < 1.29 is 4.74 Å². The van der Waals surface area contributed by atoms with E-state index in [9.17, 15) is 0 Å². The van der Waals surface area contributed by atoms with Gasteiger partial charge in [0.1, 0.15) is 0 Å². The van der Waals surface area contributed by atoms with E-state index in [-0.39, 0.29) is 5.60 Å². The molecule has 0 aliphatic heterocycles. The molecule has 0 aliphatic carbocycles. The summed E-state index contributed by atoms with van der Waals surface area (Å²) in [7, 11) is 1.81. The van der Waals surface area contributed by atoms with Gasteiger partial charge >= 0.3 is 0 Å². The quantitative estimate of drug-likeness (QED) is 0.748. The van der Waals surface area contributed by atoms with Gasteiger partial charge in [-0.1, -0.05) is 56.3 Å². The summed E-state index contributed by atoms with van der Waals surface area (Å²) >= 11 is 0. The van der Waals surface area contributed by atoms with Gasteiger partial charge in [0, 0.05) is 7.11 Å². The normalized spacial score (nSPS) is 11.9. The Kier molecular flexibility index (Phi) is 3.49. The Balaban J connectivity index is 2.69. The highest BCUT2D eigenvalue weighted by Gasteiger charge is 2.29. The molecule has 0 radical (unpaired) electrons. The third kappa shape index (κ3) is 1.96. The lowest BCUT2D eigenvalue weighted by Crippen LogP contribution is -2.26. The van der Waals surface area contributed by atoms with E-state index in [1.54, 1.807) is 0 Å². The first-order valence-corrected chi connectivity index (χ1v) is 6.31. The summed E-state index contributed by atoms with van der Waals surface area (Å²) in [5.74, 6) is 0. The van der Waals surface area contributed by atoms with Gasteiger partial charge < -0.3 is 4.74 Å². The number of benzene rings is 2. The van der Waals surface area contributed by atoms with Gasteiger partial charge in [0.05, 0.1) is 5.60 Å². The molecule has 1 nitrogen and oxygen atoms in total. The molecule has 0 heterocycles. The minimum absolute atomic E-state index is 0.152. The summed E-state index contributed by atoms with van der Waals surface area (Å²) in [6.07, 6.45) is 1.99. The van der Waals surface area contributed by atoms with Crippen LogP contribution in [0, 0.1) is 0 Å². The van der Waals surface area contributed by atoms with Gasteiger partial charge in [0.25, 0.3) is 0 Å². The fourth-order valence-corrected chi connectivity index (χ4v) is 2.65. The van der Waals surface area contributed by atoms with E-state index in [0.29, 0.717) is 0 Å². The summed E-state index contributed by atoms with van der Waals surface area (Å²) in [6.45, 7) is 4.38. The number of fused-ring (bicyclic) bond motifs is 1. The Labute approximate surface area is 103 Å². The maximum atomic E-state index is 5.83. The molecule has 0 aliphatic rings. The lowest BCUT2D eigenvalue weighted by molar-refractivity contribution is -0.0205. The Morgan fingerprint density at radius 1 is 0.941 bits per heavy atom. The zero-order chi connectivity index (χ0) is 12.3. The lowest BCUT2D eigenvalue weighted by atomic mass is 9.85. The van der Waals surface area contributed by atoms with Crippen molar-refractivity contribution in [1.29, 1.82) is 0 Å². The average Bonchev–Trinajstić information content (AvgIpc) is 2.41. The molecule has 2 aromatic rings. The first-order valence-electron chi connectivity index (χ1n) is 6.31. The van der Waals surface area contributed by atoms with E-state index >= 15 is 0 Å². The number of rotatable bonds is 4. The molecule has 0 fully saturated rings. The number of hydrogen-bond acceptors (Lipinski definition) is 1. The van der Waals surface area contributed by atoms with E-state index in [4.69, 9.17) is 4.74 Å². The third-order valence-electron chi connectivity index (χ3n) is 3.81. The molecule has 0 saturated carbocycles. The van der Waals surface area contributed by atoms with E-state index in [1.807, 2.05) is 7.11 Å². The summed E-state index contributed by atoms with van der Waals surface area (Å²) in [5.41, 5.74) is 1.16. The van der Waals surface area contributed by atoms with Crippen molar-refractivity contribution in [3.05, 3.63) is 48.0 Å². The van der Waals surface area contributed by atoms with E-state index in [0.717, 1.165) is 12.8 Å². The van der Waals surface area contributed by atoms with E-state index in [2.05, 4.69) is 56.3 Å². The van der Waals surface area contributed by atoms with Crippen molar-refractivity contribution in [2.75, 3.05) is 7.11 Å². The highest BCUT2D eigenvalue weighted by atomic mass is 16.5. The molecule has 0 saturated heterocycles. The number of ether oxygens (including phenoxy) is 1. The number of hydrogen-bond donors (Lipinski definition) is 0. The zero-order valence-corrected chi connectivity index (χ0v) is 10.9. The predicted octanol–water partition coefficient (Wildman–Crippen LogP) is 4.50. The molecule has 90 valence electrons. The molecule has 0 spiro atoms. The van der Waals surface area contributed by atoms with Crippen LogP contribution in [0.15, 0.2) is 42.5 Å². The second-order valence-electron chi connectivity index (χ2n) is 4.43. The first-order chi connectivity index (χ1) is 8.27. The molecule has 0 N–H and O–H groups in total. The van der Waals surface area contributed by atoms with Gasteiger partial charge in [-0.3, -0.25) is 0 Å². The van der Waals surface area contributed by atoms with Crippen molar-refractivity contribution in [1.82, 2.24) is 0 Å². The van der Waals surface area contributed by atoms with Crippen LogP contribution >= 0.6 is 0 Å². The number of methoxy groups -OCH3 is 1. The molecular formula is C16H20O. The Hall–Kier alpha value is -1.34. The van der Waals surface area contributed by atoms with Crippen molar-refractivity contribution in [3.8, 4) is 0 Å². The van der Waals surface area contributed by atoms with Gasteiger partial charge in [-0.05, 0) is 29.2 Å². The minimum Gasteiger partial charge on any atom is -0.374 e.